The highest BCUT2D eigenvalue weighted by atomic mass is 19.4. The first-order valence-electron chi connectivity index (χ1n) is 6.06. The highest BCUT2D eigenvalue weighted by Crippen LogP contribution is 2.55. The first-order chi connectivity index (χ1) is 7.77. The van der Waals surface area contributed by atoms with E-state index < -0.39 is 22.9 Å². The maximum atomic E-state index is 13.6. The maximum absolute atomic E-state index is 13.6. The number of amides is 1. The molecule has 0 fully saturated rings. The van der Waals surface area contributed by atoms with Crippen LogP contribution < -0.4 is 0 Å². The fraction of sp³-hybridized carbons (Fsp3) is 0.923. The third-order valence-corrected chi connectivity index (χ3v) is 3.25. The van der Waals surface area contributed by atoms with Gasteiger partial charge in [-0.15, -0.1) is 0 Å². The van der Waals surface area contributed by atoms with Gasteiger partial charge in [0, 0.05) is 14.1 Å². The molecule has 0 saturated carbocycles. The molecular formula is C13H24F3NO. The molecule has 18 heavy (non-hydrogen) atoms. The Kier molecular flexibility index (Phi) is 4.89. The first-order valence-corrected chi connectivity index (χ1v) is 6.06. The van der Waals surface area contributed by atoms with Crippen molar-refractivity contribution in [3.63, 3.8) is 0 Å². The standard InChI is InChI=1S/C13H24F3NO/c1-9(2)8-12(11(3,4)5,13(14,15)16)10(18)17(6)7/h9H,8H2,1-7H3. The molecule has 0 radical (unpaired) electrons. The molecular weight excluding hydrogens is 243 g/mol. The average molecular weight is 267 g/mol. The van der Waals surface area contributed by atoms with Crippen LogP contribution in [0.2, 0.25) is 0 Å². The molecule has 108 valence electrons. The van der Waals surface area contributed by atoms with Crippen LogP contribution in [0.25, 0.3) is 0 Å². The summed E-state index contributed by atoms with van der Waals surface area (Å²) in [7, 11) is 2.74. The minimum Gasteiger partial charge on any atom is -0.348 e. The van der Waals surface area contributed by atoms with Crippen LogP contribution in [0.1, 0.15) is 41.0 Å². The molecule has 0 saturated heterocycles. The summed E-state index contributed by atoms with van der Waals surface area (Å²) < 4.78 is 40.8. The number of alkyl halides is 3. The summed E-state index contributed by atoms with van der Waals surface area (Å²) in [6, 6.07) is 0. The van der Waals surface area contributed by atoms with Gasteiger partial charge < -0.3 is 4.90 Å². The first kappa shape index (κ1) is 17.3. The van der Waals surface area contributed by atoms with Gasteiger partial charge in [-0.1, -0.05) is 34.6 Å². The van der Waals surface area contributed by atoms with Gasteiger partial charge in [-0.05, 0) is 17.8 Å². The van der Waals surface area contributed by atoms with Crippen LogP contribution in [0, 0.1) is 16.7 Å². The average Bonchev–Trinajstić information content (AvgIpc) is 2.08. The van der Waals surface area contributed by atoms with Crippen LogP contribution in [0.3, 0.4) is 0 Å². The molecule has 0 heterocycles. The number of carbonyl (C=O) groups excluding carboxylic acids is 1. The smallest absolute Gasteiger partial charge is 0.348 e. The van der Waals surface area contributed by atoms with E-state index in [4.69, 9.17) is 0 Å². The lowest BCUT2D eigenvalue weighted by molar-refractivity contribution is -0.258. The Bertz CT molecular complexity index is 286. The Morgan fingerprint density at radius 3 is 1.67 bits per heavy atom. The monoisotopic (exact) mass is 267 g/mol. The van der Waals surface area contributed by atoms with Crippen molar-refractivity contribution in [3.8, 4) is 0 Å². The molecule has 1 unspecified atom stereocenters. The quantitative estimate of drug-likeness (QED) is 0.763. The number of rotatable bonds is 3. The number of hydrogen-bond acceptors (Lipinski definition) is 1. The summed E-state index contributed by atoms with van der Waals surface area (Å²) in [4.78, 5) is 13.2. The van der Waals surface area contributed by atoms with E-state index in [2.05, 4.69) is 0 Å². The molecule has 0 aromatic carbocycles. The molecule has 0 rings (SSSR count). The van der Waals surface area contributed by atoms with E-state index in [1.807, 2.05) is 0 Å². The Morgan fingerprint density at radius 2 is 1.50 bits per heavy atom. The Morgan fingerprint density at radius 1 is 1.11 bits per heavy atom. The van der Waals surface area contributed by atoms with E-state index in [-0.39, 0.29) is 12.3 Å². The molecule has 1 atom stereocenters. The van der Waals surface area contributed by atoms with Gasteiger partial charge in [0.15, 0.2) is 0 Å². The van der Waals surface area contributed by atoms with Gasteiger partial charge in [0.1, 0.15) is 5.41 Å². The number of hydrogen-bond donors (Lipinski definition) is 0. The highest BCUT2D eigenvalue weighted by molar-refractivity contribution is 5.84. The van der Waals surface area contributed by atoms with Crippen molar-refractivity contribution < 1.29 is 18.0 Å². The van der Waals surface area contributed by atoms with E-state index in [0.717, 1.165) is 4.90 Å². The van der Waals surface area contributed by atoms with Crippen LogP contribution >= 0.6 is 0 Å². The predicted octanol–water partition coefficient (Wildman–Crippen LogP) is 3.72. The molecule has 0 aromatic heterocycles. The molecule has 5 heteroatoms. The van der Waals surface area contributed by atoms with Crippen molar-refractivity contribution >= 4 is 5.91 Å². The summed E-state index contributed by atoms with van der Waals surface area (Å²) in [6.07, 6.45) is -4.76. The third-order valence-electron chi connectivity index (χ3n) is 3.25. The Balaban J connectivity index is 5.98. The fourth-order valence-corrected chi connectivity index (χ4v) is 2.37. The second-order valence-electron chi connectivity index (χ2n) is 6.45. The fourth-order valence-electron chi connectivity index (χ4n) is 2.37. The maximum Gasteiger partial charge on any atom is 0.403 e. The molecule has 2 nitrogen and oxygen atoms in total. The summed E-state index contributed by atoms with van der Waals surface area (Å²) >= 11 is 0. The normalized spacial score (nSPS) is 16.6. The van der Waals surface area contributed by atoms with Crippen LogP contribution in [0.4, 0.5) is 13.2 Å². The van der Waals surface area contributed by atoms with Crippen molar-refractivity contribution in [2.75, 3.05) is 14.1 Å². The van der Waals surface area contributed by atoms with Gasteiger partial charge in [0.2, 0.25) is 5.91 Å². The van der Waals surface area contributed by atoms with Gasteiger partial charge in [-0.25, -0.2) is 0 Å². The largest absolute Gasteiger partial charge is 0.403 e. The van der Waals surface area contributed by atoms with E-state index in [1.165, 1.54) is 34.9 Å². The van der Waals surface area contributed by atoms with Gasteiger partial charge in [0.05, 0.1) is 0 Å². The lowest BCUT2D eigenvalue weighted by atomic mass is 9.61. The minimum atomic E-state index is -4.56. The van der Waals surface area contributed by atoms with Crippen LogP contribution in [0.5, 0.6) is 0 Å². The lowest BCUT2D eigenvalue weighted by Gasteiger charge is -2.46. The van der Waals surface area contributed by atoms with Gasteiger partial charge in [-0.3, -0.25) is 4.79 Å². The molecule has 0 aliphatic heterocycles. The van der Waals surface area contributed by atoms with Gasteiger partial charge in [0.25, 0.3) is 0 Å². The Hall–Kier alpha value is -0.740. The third kappa shape index (κ3) is 2.98. The molecule has 0 N–H and O–H groups in total. The topological polar surface area (TPSA) is 20.3 Å². The van der Waals surface area contributed by atoms with E-state index in [9.17, 15) is 18.0 Å². The SMILES string of the molecule is CC(C)CC(C(=O)N(C)C)(C(C)(C)C)C(F)(F)F. The predicted molar refractivity (Wildman–Crippen MR) is 66.1 cm³/mol. The van der Waals surface area contributed by atoms with Gasteiger partial charge >= 0.3 is 6.18 Å². The second kappa shape index (κ2) is 5.10. The van der Waals surface area contributed by atoms with Crippen molar-refractivity contribution in [2.24, 2.45) is 16.7 Å². The zero-order valence-corrected chi connectivity index (χ0v) is 12.3. The minimum absolute atomic E-state index is 0.197. The molecule has 0 aliphatic carbocycles. The van der Waals surface area contributed by atoms with Gasteiger partial charge in [-0.2, -0.15) is 13.2 Å². The molecule has 0 aromatic rings. The molecule has 1 amide bonds. The summed E-state index contributed by atoms with van der Waals surface area (Å²) in [6.45, 7) is 7.84. The van der Waals surface area contributed by atoms with E-state index >= 15 is 0 Å². The van der Waals surface area contributed by atoms with Crippen LogP contribution in [-0.4, -0.2) is 31.1 Å². The second-order valence-corrected chi connectivity index (χ2v) is 6.45. The zero-order valence-electron chi connectivity index (χ0n) is 12.3. The number of halogens is 3. The van der Waals surface area contributed by atoms with Crippen molar-refractivity contribution in [2.45, 2.75) is 47.2 Å². The van der Waals surface area contributed by atoms with Crippen molar-refractivity contribution in [1.82, 2.24) is 4.90 Å². The highest BCUT2D eigenvalue weighted by Gasteiger charge is 2.66. The lowest BCUT2D eigenvalue weighted by Crippen LogP contribution is -2.58. The molecule has 0 bridgehead atoms. The van der Waals surface area contributed by atoms with Crippen molar-refractivity contribution in [3.05, 3.63) is 0 Å². The van der Waals surface area contributed by atoms with Crippen LogP contribution in [-0.2, 0) is 4.79 Å². The summed E-state index contributed by atoms with van der Waals surface area (Å²) in [5.41, 5.74) is -3.52. The van der Waals surface area contributed by atoms with E-state index in [0.29, 0.717) is 0 Å². The number of nitrogens with zero attached hydrogens (tertiary/aromatic N) is 1. The number of carbonyl (C=O) groups is 1. The van der Waals surface area contributed by atoms with E-state index in [1.54, 1.807) is 13.8 Å². The zero-order chi connectivity index (χ0) is 14.9. The summed E-state index contributed by atoms with van der Waals surface area (Å²) in [5.74, 6) is -1.08. The molecule has 0 spiro atoms. The van der Waals surface area contributed by atoms with Crippen molar-refractivity contribution in [1.29, 1.82) is 0 Å². The summed E-state index contributed by atoms with van der Waals surface area (Å²) in [5, 5.41) is 0. The molecule has 0 aliphatic rings. The Labute approximate surface area is 108 Å². The van der Waals surface area contributed by atoms with Crippen LogP contribution in [0.15, 0.2) is 0 Å².